The molecule has 12 heavy (non-hydrogen) atoms. The highest BCUT2D eigenvalue weighted by atomic mass is 19.1. The van der Waals surface area contributed by atoms with E-state index in [0.29, 0.717) is 0 Å². The van der Waals surface area contributed by atoms with Crippen LogP contribution in [0.5, 0.6) is 0 Å². The van der Waals surface area contributed by atoms with Crippen LogP contribution in [0.25, 0.3) is 0 Å². The first kappa shape index (κ1) is 7.74. The van der Waals surface area contributed by atoms with E-state index in [9.17, 15) is 4.39 Å². The van der Waals surface area contributed by atoms with E-state index in [1.807, 2.05) is 13.8 Å². The maximum absolute atomic E-state index is 13.2. The fourth-order valence-corrected chi connectivity index (χ4v) is 1.72. The quantitative estimate of drug-likeness (QED) is 0.620. The Bertz CT molecular complexity index is 331. The lowest BCUT2D eigenvalue weighted by molar-refractivity contribution is 0.614. The fraction of sp³-hybridized carbons (Fsp3) is 0.400. The molecule has 0 radical (unpaired) electrons. The Balaban J connectivity index is 2.67. The van der Waals surface area contributed by atoms with Crippen LogP contribution in [-0.4, -0.2) is 0 Å². The standard InChI is InChI=1S/C10H12FN/c1-6-7(2)10(11)3-8-4-12-5-9(6)8/h3,12H,4-5H2,1-2H3. The molecule has 0 saturated heterocycles. The Hall–Kier alpha value is -0.890. The summed E-state index contributed by atoms with van der Waals surface area (Å²) in [6.45, 7) is 5.53. The van der Waals surface area contributed by atoms with Crippen molar-refractivity contribution in [2.75, 3.05) is 0 Å². The summed E-state index contributed by atoms with van der Waals surface area (Å²) in [5, 5.41) is 3.22. The minimum absolute atomic E-state index is 0.0741. The van der Waals surface area contributed by atoms with E-state index in [-0.39, 0.29) is 5.82 Å². The van der Waals surface area contributed by atoms with E-state index >= 15 is 0 Å². The zero-order valence-electron chi connectivity index (χ0n) is 7.37. The van der Waals surface area contributed by atoms with Crippen molar-refractivity contribution in [1.82, 2.24) is 5.32 Å². The van der Waals surface area contributed by atoms with Crippen molar-refractivity contribution < 1.29 is 4.39 Å². The van der Waals surface area contributed by atoms with E-state index < -0.39 is 0 Å². The van der Waals surface area contributed by atoms with Gasteiger partial charge in [0.1, 0.15) is 5.82 Å². The maximum atomic E-state index is 13.2. The third-order valence-corrected chi connectivity index (χ3v) is 2.68. The SMILES string of the molecule is Cc1c(F)cc2c(c1C)CNC2. The first-order valence-electron chi connectivity index (χ1n) is 4.18. The third kappa shape index (κ3) is 0.950. The Kier molecular flexibility index (Phi) is 1.65. The Morgan fingerprint density at radius 2 is 2.00 bits per heavy atom. The van der Waals surface area contributed by atoms with Gasteiger partial charge in [-0.05, 0) is 42.2 Å². The van der Waals surface area contributed by atoms with Gasteiger partial charge in [-0.3, -0.25) is 0 Å². The Labute approximate surface area is 71.6 Å². The zero-order chi connectivity index (χ0) is 8.72. The number of hydrogen-bond acceptors (Lipinski definition) is 1. The molecular weight excluding hydrogens is 153 g/mol. The second-order valence-corrected chi connectivity index (χ2v) is 3.35. The highest BCUT2D eigenvalue weighted by Gasteiger charge is 2.16. The molecule has 1 aliphatic heterocycles. The van der Waals surface area contributed by atoms with Crippen molar-refractivity contribution in [2.45, 2.75) is 26.9 Å². The van der Waals surface area contributed by atoms with E-state index in [1.54, 1.807) is 6.07 Å². The molecular formula is C10H12FN. The van der Waals surface area contributed by atoms with Crippen LogP contribution in [0, 0.1) is 19.7 Å². The van der Waals surface area contributed by atoms with Gasteiger partial charge in [0.2, 0.25) is 0 Å². The van der Waals surface area contributed by atoms with Crippen LogP contribution in [0.4, 0.5) is 4.39 Å². The van der Waals surface area contributed by atoms with Gasteiger partial charge in [0, 0.05) is 13.1 Å². The predicted octanol–water partition coefficient (Wildman–Crippen LogP) is 2.05. The Morgan fingerprint density at radius 3 is 2.75 bits per heavy atom. The molecule has 0 fully saturated rings. The van der Waals surface area contributed by atoms with Gasteiger partial charge < -0.3 is 5.32 Å². The summed E-state index contributed by atoms with van der Waals surface area (Å²) in [4.78, 5) is 0. The molecule has 64 valence electrons. The third-order valence-electron chi connectivity index (χ3n) is 2.68. The van der Waals surface area contributed by atoms with Gasteiger partial charge in [0.05, 0.1) is 0 Å². The minimum Gasteiger partial charge on any atom is -0.309 e. The van der Waals surface area contributed by atoms with Gasteiger partial charge >= 0.3 is 0 Å². The molecule has 0 bridgehead atoms. The van der Waals surface area contributed by atoms with E-state index in [1.165, 1.54) is 5.56 Å². The van der Waals surface area contributed by atoms with Crippen LogP contribution in [0.1, 0.15) is 22.3 Å². The topological polar surface area (TPSA) is 12.0 Å². The van der Waals surface area contributed by atoms with Crippen molar-refractivity contribution in [3.63, 3.8) is 0 Å². The first-order chi connectivity index (χ1) is 5.70. The molecule has 1 aliphatic rings. The van der Waals surface area contributed by atoms with Crippen molar-refractivity contribution in [2.24, 2.45) is 0 Å². The summed E-state index contributed by atoms with van der Waals surface area (Å²) < 4.78 is 13.2. The molecule has 0 aromatic heterocycles. The van der Waals surface area contributed by atoms with Gasteiger partial charge in [-0.25, -0.2) is 4.39 Å². The molecule has 0 amide bonds. The molecule has 1 aromatic carbocycles. The van der Waals surface area contributed by atoms with Gasteiger partial charge in [0.25, 0.3) is 0 Å². The largest absolute Gasteiger partial charge is 0.309 e. The van der Waals surface area contributed by atoms with Crippen molar-refractivity contribution in [1.29, 1.82) is 0 Å². The van der Waals surface area contributed by atoms with Crippen LogP contribution in [0.3, 0.4) is 0 Å². The Morgan fingerprint density at radius 1 is 1.25 bits per heavy atom. The van der Waals surface area contributed by atoms with E-state index in [4.69, 9.17) is 0 Å². The van der Waals surface area contributed by atoms with Crippen LogP contribution in [0.2, 0.25) is 0 Å². The summed E-state index contributed by atoms with van der Waals surface area (Å²) in [6, 6.07) is 1.65. The van der Waals surface area contributed by atoms with Crippen molar-refractivity contribution in [3.8, 4) is 0 Å². The smallest absolute Gasteiger partial charge is 0.126 e. The van der Waals surface area contributed by atoms with Crippen LogP contribution >= 0.6 is 0 Å². The lowest BCUT2D eigenvalue weighted by Gasteiger charge is -2.07. The number of rotatable bonds is 0. The average Bonchev–Trinajstić information content (AvgIpc) is 2.48. The lowest BCUT2D eigenvalue weighted by Crippen LogP contribution is -2.00. The summed E-state index contributed by atoms with van der Waals surface area (Å²) in [5.41, 5.74) is 4.30. The van der Waals surface area contributed by atoms with Crippen molar-refractivity contribution >= 4 is 0 Å². The molecule has 2 heteroatoms. The predicted molar refractivity (Wildman–Crippen MR) is 46.4 cm³/mol. The number of halogens is 1. The molecule has 0 aliphatic carbocycles. The summed E-state index contributed by atoms with van der Waals surface area (Å²) in [5.74, 6) is -0.0741. The average molecular weight is 165 g/mol. The normalized spacial score (nSPS) is 14.9. The monoisotopic (exact) mass is 165 g/mol. The molecule has 2 rings (SSSR count). The van der Waals surface area contributed by atoms with Crippen LogP contribution in [0.15, 0.2) is 6.07 Å². The molecule has 1 N–H and O–H groups in total. The number of benzene rings is 1. The maximum Gasteiger partial charge on any atom is 0.126 e. The van der Waals surface area contributed by atoms with Crippen LogP contribution < -0.4 is 5.32 Å². The highest BCUT2D eigenvalue weighted by Crippen LogP contribution is 2.24. The molecule has 0 spiro atoms. The molecule has 1 aromatic rings. The highest BCUT2D eigenvalue weighted by molar-refractivity contribution is 5.42. The number of fused-ring (bicyclic) bond motifs is 1. The number of nitrogens with one attached hydrogen (secondary N) is 1. The van der Waals surface area contributed by atoms with Gasteiger partial charge in [-0.15, -0.1) is 0 Å². The number of hydrogen-bond donors (Lipinski definition) is 1. The second kappa shape index (κ2) is 2.56. The molecule has 1 nitrogen and oxygen atoms in total. The second-order valence-electron chi connectivity index (χ2n) is 3.35. The minimum atomic E-state index is -0.0741. The summed E-state index contributed by atoms with van der Waals surface area (Å²) in [6.07, 6.45) is 0. The van der Waals surface area contributed by atoms with Gasteiger partial charge in [-0.1, -0.05) is 0 Å². The molecule has 1 heterocycles. The molecule has 0 atom stereocenters. The fourth-order valence-electron chi connectivity index (χ4n) is 1.72. The molecule has 0 unspecified atom stereocenters. The summed E-state index contributed by atoms with van der Waals surface area (Å²) in [7, 11) is 0. The van der Waals surface area contributed by atoms with E-state index in [0.717, 1.165) is 29.8 Å². The van der Waals surface area contributed by atoms with Crippen molar-refractivity contribution in [3.05, 3.63) is 34.1 Å². The van der Waals surface area contributed by atoms with Gasteiger partial charge in [0.15, 0.2) is 0 Å². The lowest BCUT2D eigenvalue weighted by atomic mass is 9.99. The zero-order valence-corrected chi connectivity index (χ0v) is 7.37. The molecule has 0 saturated carbocycles. The summed E-state index contributed by atoms with van der Waals surface area (Å²) >= 11 is 0. The van der Waals surface area contributed by atoms with Crippen LogP contribution in [-0.2, 0) is 13.1 Å². The first-order valence-corrected chi connectivity index (χ1v) is 4.18. The van der Waals surface area contributed by atoms with Gasteiger partial charge in [-0.2, -0.15) is 0 Å². The van der Waals surface area contributed by atoms with E-state index in [2.05, 4.69) is 5.32 Å².